The van der Waals surface area contributed by atoms with E-state index in [2.05, 4.69) is 4.72 Å². The fourth-order valence-corrected chi connectivity index (χ4v) is 8.39. The average Bonchev–Trinajstić information content (AvgIpc) is 2.71. The van der Waals surface area contributed by atoms with Gasteiger partial charge < -0.3 is 4.74 Å². The number of sulfonamides is 1. The number of hydrogen-bond donors (Lipinski definition) is 1. The molecular weight excluding hydrogens is 394 g/mol. The van der Waals surface area contributed by atoms with E-state index in [1.54, 1.807) is 12.1 Å². The topological polar surface area (TPSA) is 55.4 Å². The second kappa shape index (κ2) is 7.83. The SMILES string of the molecule is CCOc1ccc(S(=O)(=O)NCCCC23CC4CC(CC(C4)C2)C3)c2ccccc12. The lowest BCUT2D eigenvalue weighted by Crippen LogP contribution is -2.46. The van der Waals surface area contributed by atoms with Crippen molar-refractivity contribution >= 4 is 20.8 Å². The largest absolute Gasteiger partial charge is 0.493 e. The molecule has 1 N–H and O–H groups in total. The predicted octanol–water partition coefficient (Wildman–Crippen LogP) is 5.51. The summed E-state index contributed by atoms with van der Waals surface area (Å²) >= 11 is 0. The van der Waals surface area contributed by atoms with Gasteiger partial charge >= 0.3 is 0 Å². The van der Waals surface area contributed by atoms with Crippen LogP contribution in [0.2, 0.25) is 0 Å². The van der Waals surface area contributed by atoms with E-state index in [-0.39, 0.29) is 0 Å². The van der Waals surface area contributed by atoms with Gasteiger partial charge in [-0.1, -0.05) is 24.3 Å². The predicted molar refractivity (Wildman–Crippen MR) is 120 cm³/mol. The van der Waals surface area contributed by atoms with Crippen molar-refractivity contribution in [3.63, 3.8) is 0 Å². The van der Waals surface area contributed by atoms with Crippen LogP contribution >= 0.6 is 0 Å². The molecule has 0 atom stereocenters. The Morgan fingerprint density at radius 1 is 0.967 bits per heavy atom. The highest BCUT2D eigenvalue weighted by molar-refractivity contribution is 7.89. The molecule has 4 bridgehead atoms. The van der Waals surface area contributed by atoms with Crippen LogP contribution in [0.4, 0.5) is 0 Å². The molecule has 0 unspecified atom stereocenters. The van der Waals surface area contributed by atoms with Gasteiger partial charge in [-0.25, -0.2) is 13.1 Å². The first-order valence-corrected chi connectivity index (χ1v) is 13.1. The summed E-state index contributed by atoms with van der Waals surface area (Å²) in [7, 11) is -3.55. The number of rotatable bonds is 8. The van der Waals surface area contributed by atoms with E-state index in [0.717, 1.165) is 40.7 Å². The van der Waals surface area contributed by atoms with Gasteiger partial charge in [0.05, 0.1) is 11.5 Å². The van der Waals surface area contributed by atoms with E-state index in [1.165, 1.54) is 44.9 Å². The maximum atomic E-state index is 13.1. The molecule has 4 aliphatic carbocycles. The molecule has 2 aromatic rings. The zero-order valence-corrected chi connectivity index (χ0v) is 18.7. The molecular formula is C25H33NO3S. The van der Waals surface area contributed by atoms with Crippen molar-refractivity contribution in [1.82, 2.24) is 4.72 Å². The molecule has 0 aromatic heterocycles. The Kier molecular flexibility index (Phi) is 5.30. The Balaban J connectivity index is 1.26. The number of fused-ring (bicyclic) bond motifs is 1. The molecule has 162 valence electrons. The van der Waals surface area contributed by atoms with Gasteiger partial charge in [0.25, 0.3) is 0 Å². The normalized spacial score (nSPS) is 30.1. The monoisotopic (exact) mass is 427 g/mol. The summed E-state index contributed by atoms with van der Waals surface area (Å²) < 4.78 is 34.7. The van der Waals surface area contributed by atoms with Crippen LogP contribution in [-0.4, -0.2) is 21.6 Å². The minimum atomic E-state index is -3.55. The molecule has 30 heavy (non-hydrogen) atoms. The van der Waals surface area contributed by atoms with Crippen LogP contribution in [0.5, 0.6) is 5.75 Å². The highest BCUT2D eigenvalue weighted by Crippen LogP contribution is 2.61. The van der Waals surface area contributed by atoms with Crippen molar-refractivity contribution in [2.24, 2.45) is 23.2 Å². The molecule has 4 nitrogen and oxygen atoms in total. The molecule has 0 spiro atoms. The lowest BCUT2D eigenvalue weighted by molar-refractivity contribution is -0.0578. The van der Waals surface area contributed by atoms with Gasteiger partial charge in [0.2, 0.25) is 10.0 Å². The van der Waals surface area contributed by atoms with Crippen molar-refractivity contribution in [2.45, 2.75) is 63.2 Å². The Morgan fingerprint density at radius 2 is 1.60 bits per heavy atom. The van der Waals surface area contributed by atoms with Gasteiger partial charge in [-0.3, -0.25) is 0 Å². The van der Waals surface area contributed by atoms with E-state index in [1.807, 2.05) is 31.2 Å². The Hall–Kier alpha value is -1.59. The smallest absolute Gasteiger partial charge is 0.241 e. The lowest BCUT2D eigenvalue weighted by Gasteiger charge is -2.57. The quantitative estimate of drug-likeness (QED) is 0.565. The lowest BCUT2D eigenvalue weighted by atomic mass is 9.48. The number of hydrogen-bond acceptors (Lipinski definition) is 3. The zero-order chi connectivity index (χ0) is 20.8. The van der Waals surface area contributed by atoms with Crippen LogP contribution < -0.4 is 9.46 Å². The van der Waals surface area contributed by atoms with E-state index < -0.39 is 10.0 Å². The summed E-state index contributed by atoms with van der Waals surface area (Å²) in [4.78, 5) is 0.344. The van der Waals surface area contributed by atoms with Crippen molar-refractivity contribution in [2.75, 3.05) is 13.2 Å². The molecule has 0 saturated heterocycles. The summed E-state index contributed by atoms with van der Waals surface area (Å²) in [6.07, 6.45) is 10.6. The summed E-state index contributed by atoms with van der Waals surface area (Å²) in [6, 6.07) is 11.0. The summed E-state index contributed by atoms with van der Waals surface area (Å²) in [6.45, 7) is 3.01. The van der Waals surface area contributed by atoms with Gasteiger partial charge in [-0.2, -0.15) is 0 Å². The molecule has 4 saturated carbocycles. The van der Waals surface area contributed by atoms with E-state index in [0.29, 0.717) is 23.5 Å². The molecule has 2 aromatic carbocycles. The zero-order valence-electron chi connectivity index (χ0n) is 17.9. The Labute approximate surface area is 180 Å². The fourth-order valence-electron chi connectivity index (χ4n) is 7.10. The maximum Gasteiger partial charge on any atom is 0.241 e. The van der Waals surface area contributed by atoms with E-state index in [4.69, 9.17) is 4.74 Å². The molecule has 0 heterocycles. The van der Waals surface area contributed by atoms with Crippen LogP contribution in [0.15, 0.2) is 41.3 Å². The molecule has 0 aliphatic heterocycles. The number of benzene rings is 2. The standard InChI is InChI=1S/C25H33NO3S/c1-2-29-23-8-9-24(22-7-4-3-6-21(22)23)30(27,28)26-11-5-10-25-15-18-12-19(16-25)14-20(13-18)17-25/h3-4,6-9,18-20,26H,2,5,10-17H2,1H3. The van der Waals surface area contributed by atoms with E-state index in [9.17, 15) is 8.42 Å². The molecule has 0 radical (unpaired) electrons. The van der Waals surface area contributed by atoms with Crippen molar-refractivity contribution < 1.29 is 13.2 Å². The van der Waals surface area contributed by atoms with Crippen LogP contribution in [-0.2, 0) is 10.0 Å². The van der Waals surface area contributed by atoms with Gasteiger partial charge in [0.15, 0.2) is 0 Å². The third kappa shape index (κ3) is 3.75. The first kappa shape index (κ1) is 20.3. The molecule has 5 heteroatoms. The van der Waals surface area contributed by atoms with Crippen molar-refractivity contribution in [3.05, 3.63) is 36.4 Å². The number of ether oxygens (including phenoxy) is 1. The molecule has 4 aliphatic rings. The summed E-state index contributed by atoms with van der Waals surface area (Å²) in [5.41, 5.74) is 0.506. The first-order chi connectivity index (χ1) is 14.5. The Bertz CT molecular complexity index is 995. The molecule has 6 rings (SSSR count). The molecule has 0 amide bonds. The van der Waals surface area contributed by atoms with Crippen LogP contribution in [0.3, 0.4) is 0 Å². The highest BCUT2D eigenvalue weighted by atomic mass is 32.2. The third-order valence-electron chi connectivity index (χ3n) is 7.77. The third-order valence-corrected chi connectivity index (χ3v) is 9.29. The van der Waals surface area contributed by atoms with Crippen molar-refractivity contribution in [3.8, 4) is 5.75 Å². The Morgan fingerprint density at radius 3 is 2.23 bits per heavy atom. The first-order valence-electron chi connectivity index (χ1n) is 11.6. The van der Waals surface area contributed by atoms with E-state index >= 15 is 0 Å². The van der Waals surface area contributed by atoms with Gasteiger partial charge in [0, 0.05) is 17.3 Å². The minimum absolute atomic E-state index is 0.344. The van der Waals surface area contributed by atoms with Crippen molar-refractivity contribution in [1.29, 1.82) is 0 Å². The average molecular weight is 428 g/mol. The maximum absolute atomic E-state index is 13.1. The summed E-state index contributed by atoms with van der Waals surface area (Å²) in [5, 5.41) is 1.56. The second-order valence-corrected chi connectivity index (χ2v) is 11.7. The fraction of sp³-hybridized carbons (Fsp3) is 0.600. The minimum Gasteiger partial charge on any atom is -0.493 e. The van der Waals surface area contributed by atoms with Crippen LogP contribution in [0.1, 0.15) is 58.3 Å². The van der Waals surface area contributed by atoms with Crippen LogP contribution in [0.25, 0.3) is 10.8 Å². The van der Waals surface area contributed by atoms with Gasteiger partial charge in [-0.15, -0.1) is 0 Å². The van der Waals surface area contributed by atoms with Crippen LogP contribution in [0, 0.1) is 23.2 Å². The summed E-state index contributed by atoms with van der Waals surface area (Å²) in [5.74, 6) is 3.57. The van der Waals surface area contributed by atoms with Gasteiger partial charge in [0.1, 0.15) is 5.75 Å². The number of nitrogens with one attached hydrogen (secondary N) is 1. The van der Waals surface area contributed by atoms with Gasteiger partial charge in [-0.05, 0) is 93.6 Å². The second-order valence-electron chi connectivity index (χ2n) is 9.96. The highest BCUT2D eigenvalue weighted by Gasteiger charge is 2.50. The molecule has 4 fully saturated rings.